The standard InChI is InChI=1S/C25H25Cl2N3OS/c1-16(2)12-25(30-22(31)11-18-9-10-19(32-3)15-29-18)13-21(26)23(24(27)20(25)14-28)17-7-5-4-6-8-17/h4-10,13,15-16,20H,11-12H2,1-3H3,(H,30,31). The first kappa shape index (κ1) is 24.4. The van der Waals surface area contributed by atoms with Gasteiger partial charge in [0.05, 0.1) is 18.0 Å². The number of hydrogen-bond donors (Lipinski definition) is 1. The van der Waals surface area contributed by atoms with Crippen molar-refractivity contribution in [2.24, 2.45) is 11.8 Å². The molecule has 3 rings (SSSR count). The Balaban J connectivity index is 1.95. The van der Waals surface area contributed by atoms with Crippen LogP contribution in [-0.4, -0.2) is 22.7 Å². The van der Waals surface area contributed by atoms with Crippen molar-refractivity contribution in [1.29, 1.82) is 5.26 Å². The minimum absolute atomic E-state index is 0.102. The number of nitrogens with zero attached hydrogens (tertiary/aromatic N) is 2. The van der Waals surface area contributed by atoms with Crippen molar-refractivity contribution < 1.29 is 4.79 Å². The van der Waals surface area contributed by atoms with Gasteiger partial charge < -0.3 is 5.32 Å². The van der Waals surface area contributed by atoms with Crippen molar-refractivity contribution >= 4 is 46.4 Å². The van der Waals surface area contributed by atoms with Crippen molar-refractivity contribution in [2.45, 2.75) is 37.1 Å². The highest BCUT2D eigenvalue weighted by molar-refractivity contribution is 7.98. The smallest absolute Gasteiger partial charge is 0.226 e. The molecule has 1 aromatic heterocycles. The van der Waals surface area contributed by atoms with E-state index in [1.54, 1.807) is 24.0 Å². The second kappa shape index (κ2) is 10.6. The van der Waals surface area contributed by atoms with Crippen molar-refractivity contribution in [3.8, 4) is 6.07 Å². The van der Waals surface area contributed by atoms with Gasteiger partial charge in [-0.15, -0.1) is 11.8 Å². The number of nitrogens with one attached hydrogen (secondary N) is 1. The van der Waals surface area contributed by atoms with Gasteiger partial charge in [-0.25, -0.2) is 0 Å². The Hall–Kier alpha value is -2.26. The summed E-state index contributed by atoms with van der Waals surface area (Å²) in [5, 5.41) is 14.0. The first-order valence-electron chi connectivity index (χ1n) is 10.3. The van der Waals surface area contributed by atoms with Gasteiger partial charge >= 0.3 is 0 Å². The second-order valence-corrected chi connectivity index (χ2v) is 9.89. The van der Waals surface area contributed by atoms with Crippen LogP contribution < -0.4 is 5.32 Å². The van der Waals surface area contributed by atoms with Crippen LogP contribution in [0.2, 0.25) is 0 Å². The predicted molar refractivity (Wildman–Crippen MR) is 132 cm³/mol. The van der Waals surface area contributed by atoms with Crippen LogP contribution in [0.5, 0.6) is 0 Å². The van der Waals surface area contributed by atoms with E-state index in [1.807, 2.05) is 62.6 Å². The molecule has 1 aliphatic rings. The Morgan fingerprint density at radius 1 is 1.25 bits per heavy atom. The molecular weight excluding hydrogens is 461 g/mol. The number of thioether (sulfide) groups is 1. The van der Waals surface area contributed by atoms with Crippen molar-refractivity contribution in [3.05, 3.63) is 76.1 Å². The van der Waals surface area contributed by atoms with Crippen molar-refractivity contribution in [3.63, 3.8) is 0 Å². The van der Waals surface area contributed by atoms with Gasteiger partial charge in [0.15, 0.2) is 0 Å². The zero-order valence-corrected chi connectivity index (χ0v) is 20.6. The van der Waals surface area contributed by atoms with Gasteiger partial charge in [0.25, 0.3) is 0 Å². The molecule has 1 amide bonds. The maximum Gasteiger partial charge on any atom is 0.226 e. The molecule has 4 nitrogen and oxygen atoms in total. The highest BCUT2D eigenvalue weighted by Crippen LogP contribution is 2.46. The number of rotatable bonds is 7. The molecule has 0 bridgehead atoms. The van der Waals surface area contributed by atoms with Crippen LogP contribution in [0, 0.1) is 23.2 Å². The van der Waals surface area contributed by atoms with E-state index in [-0.39, 0.29) is 18.2 Å². The third-order valence-corrected chi connectivity index (χ3v) is 6.73. The normalized spacial score (nSPS) is 20.7. The van der Waals surface area contributed by atoms with Crippen LogP contribution in [0.15, 0.2) is 69.7 Å². The minimum Gasteiger partial charge on any atom is -0.345 e. The summed E-state index contributed by atoms with van der Waals surface area (Å²) in [6, 6.07) is 15.6. The minimum atomic E-state index is -1.01. The summed E-state index contributed by atoms with van der Waals surface area (Å²) in [5.41, 5.74) is 1.11. The average molecular weight is 486 g/mol. The van der Waals surface area contributed by atoms with Crippen LogP contribution in [0.3, 0.4) is 0 Å². The molecule has 1 aromatic carbocycles. The number of aromatic nitrogens is 1. The zero-order valence-electron chi connectivity index (χ0n) is 18.2. The Kier molecular flexibility index (Phi) is 8.05. The first-order valence-corrected chi connectivity index (χ1v) is 12.3. The number of pyridine rings is 1. The van der Waals surface area contributed by atoms with Gasteiger partial charge in [0, 0.05) is 32.4 Å². The molecule has 1 aliphatic carbocycles. The lowest BCUT2D eigenvalue weighted by molar-refractivity contribution is -0.122. The topological polar surface area (TPSA) is 65.8 Å². The molecule has 0 saturated heterocycles. The summed E-state index contributed by atoms with van der Waals surface area (Å²) < 4.78 is 0. The monoisotopic (exact) mass is 485 g/mol. The maximum absolute atomic E-state index is 13.1. The summed E-state index contributed by atoms with van der Waals surface area (Å²) in [7, 11) is 0. The van der Waals surface area contributed by atoms with Crippen molar-refractivity contribution in [1.82, 2.24) is 10.3 Å². The molecule has 2 unspecified atom stereocenters. The van der Waals surface area contributed by atoms with E-state index >= 15 is 0 Å². The Bertz CT molecular complexity index is 1070. The van der Waals surface area contributed by atoms with E-state index in [2.05, 4.69) is 16.4 Å². The fraction of sp³-hybridized carbons (Fsp3) is 0.320. The van der Waals surface area contributed by atoms with E-state index in [1.165, 1.54) is 0 Å². The van der Waals surface area contributed by atoms with E-state index < -0.39 is 11.5 Å². The molecule has 1 N–H and O–H groups in total. The Labute approximate surface area is 203 Å². The molecule has 1 heterocycles. The van der Waals surface area contributed by atoms with Crippen LogP contribution >= 0.6 is 35.0 Å². The van der Waals surface area contributed by atoms with Crippen LogP contribution in [0.4, 0.5) is 0 Å². The number of carbonyl (C=O) groups excluding carboxylic acids is 1. The fourth-order valence-corrected chi connectivity index (χ4v) is 5.31. The molecule has 0 spiro atoms. The lowest BCUT2D eigenvalue weighted by Gasteiger charge is -2.40. The number of hydrogen-bond acceptors (Lipinski definition) is 4. The van der Waals surface area contributed by atoms with Gasteiger partial charge in [0.1, 0.15) is 5.92 Å². The highest BCUT2D eigenvalue weighted by atomic mass is 35.5. The van der Waals surface area contributed by atoms with E-state index in [4.69, 9.17) is 23.2 Å². The zero-order chi connectivity index (χ0) is 23.3. The molecular formula is C25H25Cl2N3OS. The third-order valence-electron chi connectivity index (χ3n) is 5.32. The lowest BCUT2D eigenvalue weighted by atomic mass is 9.73. The Morgan fingerprint density at radius 3 is 2.53 bits per heavy atom. The number of nitriles is 1. The molecule has 7 heteroatoms. The van der Waals surface area contributed by atoms with Gasteiger partial charge in [-0.2, -0.15) is 5.26 Å². The number of halogens is 2. The summed E-state index contributed by atoms with van der Waals surface area (Å²) in [6.45, 7) is 4.08. The largest absolute Gasteiger partial charge is 0.345 e. The van der Waals surface area contributed by atoms with Gasteiger partial charge in [-0.1, -0.05) is 67.4 Å². The summed E-state index contributed by atoms with van der Waals surface area (Å²) >= 11 is 15.1. The van der Waals surface area contributed by atoms with Crippen LogP contribution in [0.25, 0.3) is 5.57 Å². The third kappa shape index (κ3) is 5.38. The van der Waals surface area contributed by atoms with Gasteiger partial charge in [-0.3, -0.25) is 9.78 Å². The molecule has 0 saturated carbocycles. The molecule has 0 radical (unpaired) electrons. The van der Waals surface area contributed by atoms with Gasteiger partial charge in [0.2, 0.25) is 5.91 Å². The number of carbonyl (C=O) groups is 1. The number of benzene rings is 1. The van der Waals surface area contributed by atoms with E-state index in [0.717, 1.165) is 10.5 Å². The average Bonchev–Trinajstić information content (AvgIpc) is 2.74. The van der Waals surface area contributed by atoms with Crippen molar-refractivity contribution in [2.75, 3.05) is 6.26 Å². The molecule has 2 atom stereocenters. The SMILES string of the molecule is CSc1ccc(CC(=O)NC2(CC(C)C)C=C(Cl)C(c3ccccc3)=C(Cl)C2C#N)nc1. The lowest BCUT2D eigenvalue weighted by Crippen LogP contribution is -2.54. The molecule has 0 aliphatic heterocycles. The fourth-order valence-electron chi connectivity index (χ4n) is 4.03. The Morgan fingerprint density at radius 2 is 1.97 bits per heavy atom. The van der Waals surface area contributed by atoms with Crippen LogP contribution in [-0.2, 0) is 11.2 Å². The quantitative estimate of drug-likeness (QED) is 0.475. The second-order valence-electron chi connectivity index (χ2n) is 8.20. The summed E-state index contributed by atoms with van der Waals surface area (Å²) in [4.78, 5) is 18.4. The number of allylic oxidation sites excluding steroid dienone is 2. The maximum atomic E-state index is 13.1. The summed E-state index contributed by atoms with van der Waals surface area (Å²) in [5.74, 6) is -0.808. The number of amides is 1. The molecule has 2 aromatic rings. The van der Waals surface area contributed by atoms with Crippen LogP contribution in [0.1, 0.15) is 31.5 Å². The molecule has 0 fully saturated rings. The summed E-state index contributed by atoms with van der Waals surface area (Å²) in [6.07, 6.45) is 6.13. The molecule has 32 heavy (non-hydrogen) atoms. The van der Waals surface area contributed by atoms with E-state index in [9.17, 15) is 10.1 Å². The highest BCUT2D eigenvalue weighted by Gasteiger charge is 2.45. The molecule has 166 valence electrons. The first-order chi connectivity index (χ1) is 15.3. The van der Waals surface area contributed by atoms with E-state index in [0.29, 0.717) is 27.8 Å². The van der Waals surface area contributed by atoms with Gasteiger partial charge in [-0.05, 0) is 42.4 Å². The predicted octanol–water partition coefficient (Wildman–Crippen LogP) is 6.17.